The van der Waals surface area contributed by atoms with Crippen LogP contribution in [0.2, 0.25) is 0 Å². The molecule has 3 heterocycles. The van der Waals surface area contributed by atoms with E-state index < -0.39 is 0 Å². The van der Waals surface area contributed by atoms with Crippen LogP contribution in [0.25, 0.3) is 0 Å². The van der Waals surface area contributed by atoms with Gasteiger partial charge >= 0.3 is 0 Å². The molecule has 27 heavy (non-hydrogen) atoms. The minimum Gasteiger partial charge on any atom is -0.357 e. The molecule has 0 aliphatic carbocycles. The number of nitrogens with zero attached hydrogens (tertiary/aromatic N) is 4. The third-order valence-electron chi connectivity index (χ3n) is 4.64. The Bertz CT molecular complexity index is 637. The number of guanidine groups is 1. The molecule has 1 aliphatic rings. The topological polar surface area (TPSA) is 57.5 Å². The maximum atomic E-state index is 4.89. The summed E-state index contributed by atoms with van der Waals surface area (Å²) in [5.41, 5.74) is 0. The summed E-state index contributed by atoms with van der Waals surface area (Å²) < 4.78 is 1.96. The summed E-state index contributed by atoms with van der Waals surface area (Å²) in [5.74, 6) is 0.911. The molecule has 6 nitrogen and oxygen atoms in total. The predicted molar refractivity (Wildman–Crippen MR) is 124 cm³/mol. The zero-order valence-corrected chi connectivity index (χ0v) is 19.2. The Balaban J connectivity index is 0.00000261. The maximum absolute atomic E-state index is 4.89. The molecule has 0 radical (unpaired) electrons. The fourth-order valence-corrected chi connectivity index (χ4v) is 4.17. The first kappa shape index (κ1) is 22.2. The van der Waals surface area contributed by atoms with Gasteiger partial charge in [0.05, 0.1) is 12.6 Å². The molecule has 1 unspecified atom stereocenters. The number of aromatic nitrogens is 2. The fourth-order valence-electron chi connectivity index (χ4n) is 3.32. The summed E-state index contributed by atoms with van der Waals surface area (Å²) in [6, 6.07) is 6.75. The lowest BCUT2D eigenvalue weighted by molar-refractivity contribution is 0.255. The van der Waals surface area contributed by atoms with Crippen molar-refractivity contribution in [2.45, 2.75) is 38.8 Å². The molecule has 2 aromatic rings. The highest BCUT2D eigenvalue weighted by molar-refractivity contribution is 14.0. The monoisotopic (exact) mass is 502 g/mol. The Morgan fingerprint density at radius 2 is 2.15 bits per heavy atom. The van der Waals surface area contributed by atoms with Gasteiger partial charge in [-0.15, -0.1) is 35.3 Å². The van der Waals surface area contributed by atoms with Gasteiger partial charge in [-0.25, -0.2) is 0 Å². The summed E-state index contributed by atoms with van der Waals surface area (Å²) in [6.45, 7) is 7.97. The van der Waals surface area contributed by atoms with Crippen LogP contribution >= 0.6 is 35.3 Å². The fraction of sp³-hybridized carbons (Fsp3) is 0.579. The Morgan fingerprint density at radius 1 is 1.30 bits per heavy atom. The van der Waals surface area contributed by atoms with Crippen molar-refractivity contribution in [3.8, 4) is 0 Å². The van der Waals surface area contributed by atoms with E-state index in [2.05, 4.69) is 45.1 Å². The highest BCUT2D eigenvalue weighted by atomic mass is 127. The van der Waals surface area contributed by atoms with E-state index in [1.807, 2.05) is 34.5 Å². The second-order valence-corrected chi connectivity index (χ2v) is 7.52. The van der Waals surface area contributed by atoms with Gasteiger partial charge in [0.1, 0.15) is 0 Å². The van der Waals surface area contributed by atoms with Crippen LogP contribution in [0, 0.1) is 0 Å². The molecule has 0 amide bonds. The molecule has 1 aliphatic heterocycles. The first-order valence-corrected chi connectivity index (χ1v) is 10.5. The quantitative estimate of drug-likeness (QED) is 0.239. The van der Waals surface area contributed by atoms with Gasteiger partial charge in [-0.2, -0.15) is 5.10 Å². The molecule has 0 aromatic carbocycles. The lowest BCUT2D eigenvalue weighted by Gasteiger charge is -2.25. The number of hydrogen-bond donors (Lipinski definition) is 2. The van der Waals surface area contributed by atoms with Crippen LogP contribution in [0.5, 0.6) is 0 Å². The number of aryl methyl sites for hydroxylation is 1. The molecule has 0 bridgehead atoms. The van der Waals surface area contributed by atoms with Crippen LogP contribution < -0.4 is 10.6 Å². The molecule has 0 saturated carbocycles. The van der Waals surface area contributed by atoms with Crippen LogP contribution in [-0.4, -0.2) is 53.4 Å². The van der Waals surface area contributed by atoms with Gasteiger partial charge in [0.25, 0.3) is 0 Å². The predicted octanol–water partition coefficient (Wildman–Crippen LogP) is 3.34. The molecule has 1 fully saturated rings. The zero-order chi connectivity index (χ0) is 18.0. The molecule has 1 atom stereocenters. The van der Waals surface area contributed by atoms with E-state index >= 15 is 0 Å². The smallest absolute Gasteiger partial charge is 0.191 e. The Labute approximate surface area is 183 Å². The van der Waals surface area contributed by atoms with Crippen molar-refractivity contribution in [1.82, 2.24) is 25.3 Å². The molecule has 0 spiro atoms. The average molecular weight is 502 g/mol. The average Bonchev–Trinajstić information content (AvgIpc) is 3.42. The van der Waals surface area contributed by atoms with E-state index in [9.17, 15) is 0 Å². The van der Waals surface area contributed by atoms with Crippen LogP contribution in [0.15, 0.2) is 41.0 Å². The van der Waals surface area contributed by atoms with Gasteiger partial charge in [-0.1, -0.05) is 6.07 Å². The second-order valence-electron chi connectivity index (χ2n) is 6.54. The Hall–Kier alpha value is -1.13. The standard InChI is InChI=1S/C19H30N6S.HI/c1-2-20-19(21-9-6-13-25-14-7-10-23-25)22-16-17(18-8-5-15-26-18)24-11-3-4-12-24;/h5,7-8,10,14-15,17H,2-4,6,9,11-13,16H2,1H3,(H2,20,21,22);1H. The van der Waals surface area contributed by atoms with E-state index in [0.717, 1.165) is 38.6 Å². The van der Waals surface area contributed by atoms with Gasteiger partial charge in [0.15, 0.2) is 5.96 Å². The molecular formula is C19H31IN6S. The Kier molecular flexibility index (Phi) is 10.1. The molecule has 150 valence electrons. The van der Waals surface area contributed by atoms with E-state index in [1.54, 1.807) is 0 Å². The number of rotatable bonds is 9. The van der Waals surface area contributed by atoms with Crippen LogP contribution in [0.4, 0.5) is 0 Å². The summed E-state index contributed by atoms with van der Waals surface area (Å²) in [4.78, 5) is 8.89. The van der Waals surface area contributed by atoms with Gasteiger partial charge in [-0.3, -0.25) is 14.6 Å². The number of nitrogens with one attached hydrogen (secondary N) is 2. The largest absolute Gasteiger partial charge is 0.357 e. The van der Waals surface area contributed by atoms with Gasteiger partial charge in [-0.05, 0) is 56.8 Å². The van der Waals surface area contributed by atoms with Crippen molar-refractivity contribution in [2.24, 2.45) is 4.99 Å². The van der Waals surface area contributed by atoms with Crippen molar-refractivity contribution in [2.75, 3.05) is 32.7 Å². The molecule has 2 N–H and O–H groups in total. The van der Waals surface area contributed by atoms with Crippen LogP contribution in [0.1, 0.15) is 37.1 Å². The number of aliphatic imine (C=N–C) groups is 1. The molecule has 2 aromatic heterocycles. The highest BCUT2D eigenvalue weighted by Crippen LogP contribution is 2.28. The SMILES string of the molecule is CCNC(=NCC(c1cccs1)N1CCCC1)NCCCn1cccn1.I. The minimum absolute atomic E-state index is 0. The summed E-state index contributed by atoms with van der Waals surface area (Å²) >= 11 is 1.84. The third kappa shape index (κ3) is 7.08. The molecule has 8 heteroatoms. The summed E-state index contributed by atoms with van der Waals surface area (Å²) in [7, 11) is 0. The number of thiophene rings is 1. The van der Waals surface area contributed by atoms with E-state index in [1.165, 1.54) is 30.8 Å². The Morgan fingerprint density at radius 3 is 2.81 bits per heavy atom. The van der Waals surface area contributed by atoms with Crippen molar-refractivity contribution in [3.05, 3.63) is 40.8 Å². The first-order chi connectivity index (χ1) is 12.9. The van der Waals surface area contributed by atoms with E-state index in [0.29, 0.717) is 6.04 Å². The van der Waals surface area contributed by atoms with Gasteiger partial charge in [0.2, 0.25) is 0 Å². The van der Waals surface area contributed by atoms with E-state index in [-0.39, 0.29) is 24.0 Å². The van der Waals surface area contributed by atoms with Gasteiger partial charge in [0, 0.05) is 36.9 Å². The van der Waals surface area contributed by atoms with E-state index in [4.69, 9.17) is 4.99 Å². The summed E-state index contributed by atoms with van der Waals surface area (Å²) in [5, 5.41) is 13.2. The third-order valence-corrected chi connectivity index (χ3v) is 5.61. The molecule has 3 rings (SSSR count). The highest BCUT2D eigenvalue weighted by Gasteiger charge is 2.24. The van der Waals surface area contributed by atoms with Crippen molar-refractivity contribution in [1.29, 1.82) is 0 Å². The lowest BCUT2D eigenvalue weighted by Crippen LogP contribution is -2.39. The number of halogens is 1. The normalized spacial score (nSPS) is 16.1. The molecule has 1 saturated heterocycles. The zero-order valence-electron chi connectivity index (χ0n) is 16.0. The minimum atomic E-state index is 0. The van der Waals surface area contributed by atoms with Crippen molar-refractivity contribution < 1.29 is 0 Å². The van der Waals surface area contributed by atoms with Crippen LogP contribution in [0.3, 0.4) is 0 Å². The second kappa shape index (κ2) is 12.4. The van der Waals surface area contributed by atoms with Crippen molar-refractivity contribution in [3.63, 3.8) is 0 Å². The van der Waals surface area contributed by atoms with Gasteiger partial charge < -0.3 is 10.6 Å². The first-order valence-electron chi connectivity index (χ1n) is 9.64. The van der Waals surface area contributed by atoms with Crippen molar-refractivity contribution >= 4 is 41.3 Å². The van der Waals surface area contributed by atoms with Crippen LogP contribution in [-0.2, 0) is 6.54 Å². The number of likely N-dealkylation sites (tertiary alicyclic amines) is 1. The summed E-state index contributed by atoms with van der Waals surface area (Å²) in [6.07, 6.45) is 7.45. The maximum Gasteiger partial charge on any atom is 0.191 e. The lowest BCUT2D eigenvalue weighted by atomic mass is 10.2. The molecular weight excluding hydrogens is 471 g/mol. The number of hydrogen-bond acceptors (Lipinski definition) is 4.